The molecule has 124 valence electrons. The maximum Gasteiger partial charge on any atom is 0.309 e. The van der Waals surface area contributed by atoms with Crippen LogP contribution < -0.4 is 5.73 Å². The lowest BCUT2D eigenvalue weighted by Crippen LogP contribution is -2.35. The van der Waals surface area contributed by atoms with E-state index in [0.717, 1.165) is 0 Å². The first kappa shape index (κ1) is 16.9. The van der Waals surface area contributed by atoms with E-state index in [-0.39, 0.29) is 31.2 Å². The van der Waals surface area contributed by atoms with Crippen LogP contribution in [0.1, 0.15) is 18.9 Å². The number of carbonyl (C=O) groups is 3. The molecule has 2 rings (SSSR count). The highest BCUT2D eigenvalue weighted by Crippen LogP contribution is 2.17. The predicted octanol–water partition coefficient (Wildman–Crippen LogP) is 0.634. The fourth-order valence-electron chi connectivity index (χ4n) is 2.54. The first-order valence-corrected chi connectivity index (χ1v) is 7.36. The van der Waals surface area contributed by atoms with Crippen molar-refractivity contribution in [3.8, 4) is 0 Å². The van der Waals surface area contributed by atoms with Crippen molar-refractivity contribution in [3.05, 3.63) is 35.6 Å². The molecule has 1 fully saturated rings. The summed E-state index contributed by atoms with van der Waals surface area (Å²) >= 11 is 0. The summed E-state index contributed by atoms with van der Waals surface area (Å²) in [5, 5.41) is 0. The molecule has 0 spiro atoms. The number of rotatable bonds is 6. The summed E-state index contributed by atoms with van der Waals surface area (Å²) in [6.45, 7) is 1.68. The van der Waals surface area contributed by atoms with Gasteiger partial charge in [0.15, 0.2) is 0 Å². The molecule has 0 radical (unpaired) electrons. The van der Waals surface area contributed by atoms with Crippen LogP contribution in [0.2, 0.25) is 0 Å². The first-order chi connectivity index (χ1) is 10.8. The molecule has 0 unspecified atom stereocenters. The average Bonchev–Trinajstić information content (AvgIpc) is 2.77. The Balaban J connectivity index is 1.87. The van der Waals surface area contributed by atoms with Gasteiger partial charge in [-0.05, 0) is 24.1 Å². The van der Waals surface area contributed by atoms with Gasteiger partial charge in [-0.3, -0.25) is 14.4 Å². The molecule has 0 saturated carbocycles. The molecule has 1 saturated heterocycles. The maximum absolute atomic E-state index is 13.1. The number of hydrogen-bond donors (Lipinski definition) is 1. The Kier molecular flexibility index (Phi) is 5.31. The highest BCUT2D eigenvalue weighted by atomic mass is 19.1. The lowest BCUT2D eigenvalue weighted by molar-refractivity contribution is -0.152. The molecule has 2 atom stereocenters. The van der Waals surface area contributed by atoms with E-state index in [2.05, 4.69) is 0 Å². The quantitative estimate of drug-likeness (QED) is 0.778. The summed E-state index contributed by atoms with van der Waals surface area (Å²) < 4.78 is 18.5. The Hall–Kier alpha value is -2.44. The zero-order valence-electron chi connectivity index (χ0n) is 12.8. The molecule has 23 heavy (non-hydrogen) atoms. The first-order valence-electron chi connectivity index (χ1n) is 7.36. The number of halogens is 1. The Morgan fingerprint density at radius 1 is 1.48 bits per heavy atom. The van der Waals surface area contributed by atoms with E-state index in [9.17, 15) is 18.8 Å². The zero-order valence-corrected chi connectivity index (χ0v) is 12.8. The second-order valence-corrected chi connectivity index (χ2v) is 5.74. The van der Waals surface area contributed by atoms with Gasteiger partial charge in [0, 0.05) is 0 Å². The third kappa shape index (κ3) is 4.77. The molecule has 0 aromatic heterocycles. The largest absolute Gasteiger partial charge is 0.460 e. The molecule has 7 heteroatoms. The lowest BCUT2D eigenvalue weighted by atomic mass is 10.0. The number of benzene rings is 1. The molecule has 1 aliphatic heterocycles. The van der Waals surface area contributed by atoms with E-state index in [1.807, 2.05) is 0 Å². The number of hydrogen-bond acceptors (Lipinski definition) is 4. The van der Waals surface area contributed by atoms with Crippen LogP contribution in [-0.4, -0.2) is 41.9 Å². The Morgan fingerprint density at radius 3 is 2.87 bits per heavy atom. The van der Waals surface area contributed by atoms with Gasteiger partial charge in [0.2, 0.25) is 11.8 Å². The minimum atomic E-state index is -0.607. The van der Waals surface area contributed by atoms with Crippen molar-refractivity contribution in [1.82, 2.24) is 4.90 Å². The van der Waals surface area contributed by atoms with Crippen molar-refractivity contribution >= 4 is 17.8 Å². The number of esters is 1. The summed E-state index contributed by atoms with van der Waals surface area (Å²) in [7, 11) is 0. The Morgan fingerprint density at radius 2 is 2.22 bits per heavy atom. The summed E-state index contributed by atoms with van der Waals surface area (Å²) in [6, 6.07) is 6.03. The Bertz CT molecular complexity index is 620. The number of nitrogens with two attached hydrogens (primary N) is 1. The van der Waals surface area contributed by atoms with Gasteiger partial charge in [-0.15, -0.1) is 0 Å². The standard InChI is InChI=1S/C16H19FN2O4/c1-10(5-11-3-2-4-12(17)6-11)16(22)23-13-7-15(21)19(8-13)9-14(18)20/h2-4,6,10,13H,5,7-9H2,1H3,(H2,18,20)/t10-,13-/m0/s1. The van der Waals surface area contributed by atoms with Crippen molar-refractivity contribution in [2.75, 3.05) is 13.1 Å². The van der Waals surface area contributed by atoms with E-state index in [1.54, 1.807) is 19.1 Å². The van der Waals surface area contributed by atoms with Gasteiger partial charge in [-0.1, -0.05) is 19.1 Å². The van der Waals surface area contributed by atoms with Crippen LogP contribution in [0.25, 0.3) is 0 Å². The van der Waals surface area contributed by atoms with Gasteiger partial charge in [-0.2, -0.15) is 0 Å². The van der Waals surface area contributed by atoms with Crippen molar-refractivity contribution < 1.29 is 23.5 Å². The number of ether oxygens (including phenoxy) is 1. The predicted molar refractivity (Wildman–Crippen MR) is 79.5 cm³/mol. The molecule has 0 aliphatic carbocycles. The van der Waals surface area contributed by atoms with E-state index in [0.29, 0.717) is 12.0 Å². The number of likely N-dealkylation sites (tertiary alicyclic amines) is 1. The van der Waals surface area contributed by atoms with E-state index >= 15 is 0 Å². The summed E-state index contributed by atoms with van der Waals surface area (Å²) in [4.78, 5) is 35.9. The van der Waals surface area contributed by atoms with Gasteiger partial charge in [0.1, 0.15) is 11.9 Å². The second-order valence-electron chi connectivity index (χ2n) is 5.74. The van der Waals surface area contributed by atoms with Gasteiger partial charge in [-0.25, -0.2) is 4.39 Å². The van der Waals surface area contributed by atoms with Crippen LogP contribution in [-0.2, 0) is 25.5 Å². The zero-order chi connectivity index (χ0) is 17.0. The van der Waals surface area contributed by atoms with Crippen molar-refractivity contribution in [1.29, 1.82) is 0 Å². The molecule has 2 N–H and O–H groups in total. The summed E-state index contributed by atoms with van der Waals surface area (Å²) in [5.41, 5.74) is 5.76. The third-order valence-electron chi connectivity index (χ3n) is 3.64. The van der Waals surface area contributed by atoms with E-state index in [4.69, 9.17) is 10.5 Å². The van der Waals surface area contributed by atoms with Crippen molar-refractivity contribution in [2.24, 2.45) is 11.7 Å². The molecule has 2 amide bonds. The van der Waals surface area contributed by atoms with Crippen LogP contribution >= 0.6 is 0 Å². The van der Waals surface area contributed by atoms with Crippen molar-refractivity contribution in [2.45, 2.75) is 25.9 Å². The number of carbonyl (C=O) groups excluding carboxylic acids is 3. The highest BCUT2D eigenvalue weighted by Gasteiger charge is 2.33. The molecule has 6 nitrogen and oxygen atoms in total. The fraction of sp³-hybridized carbons (Fsp3) is 0.438. The van der Waals surface area contributed by atoms with Gasteiger partial charge >= 0.3 is 5.97 Å². The average molecular weight is 322 g/mol. The van der Waals surface area contributed by atoms with Gasteiger partial charge in [0.25, 0.3) is 0 Å². The minimum absolute atomic E-state index is 0.0473. The molecule has 1 aromatic carbocycles. The number of amides is 2. The summed E-state index contributed by atoms with van der Waals surface area (Å²) in [5.74, 6) is -2.14. The minimum Gasteiger partial charge on any atom is -0.460 e. The molecule has 1 aliphatic rings. The van der Waals surface area contributed by atoms with Crippen LogP contribution in [0, 0.1) is 11.7 Å². The number of nitrogens with zero attached hydrogens (tertiary/aromatic N) is 1. The maximum atomic E-state index is 13.1. The van der Waals surface area contributed by atoms with Crippen LogP contribution in [0.5, 0.6) is 0 Å². The Labute approximate surface area is 133 Å². The summed E-state index contributed by atoms with van der Waals surface area (Å²) in [6.07, 6.45) is -0.183. The molecule has 0 bridgehead atoms. The van der Waals surface area contributed by atoms with Crippen LogP contribution in [0.3, 0.4) is 0 Å². The smallest absolute Gasteiger partial charge is 0.309 e. The second kappa shape index (κ2) is 7.21. The van der Waals surface area contributed by atoms with Gasteiger partial charge < -0.3 is 15.4 Å². The van der Waals surface area contributed by atoms with Crippen LogP contribution in [0.15, 0.2) is 24.3 Å². The lowest BCUT2D eigenvalue weighted by Gasteiger charge is -2.17. The fourth-order valence-corrected chi connectivity index (χ4v) is 2.54. The van der Waals surface area contributed by atoms with Gasteiger partial charge in [0.05, 0.1) is 25.4 Å². The SMILES string of the molecule is C[C@@H](Cc1cccc(F)c1)C(=O)O[C@H]1CC(=O)N(CC(N)=O)C1. The van der Waals surface area contributed by atoms with E-state index < -0.39 is 23.9 Å². The number of primary amides is 1. The molecule has 1 aromatic rings. The molecule has 1 heterocycles. The highest BCUT2D eigenvalue weighted by molar-refractivity contribution is 5.86. The monoisotopic (exact) mass is 322 g/mol. The van der Waals surface area contributed by atoms with E-state index in [1.165, 1.54) is 17.0 Å². The van der Waals surface area contributed by atoms with Crippen LogP contribution in [0.4, 0.5) is 4.39 Å². The third-order valence-corrected chi connectivity index (χ3v) is 3.64. The van der Waals surface area contributed by atoms with Crippen molar-refractivity contribution in [3.63, 3.8) is 0 Å². The molecular weight excluding hydrogens is 303 g/mol. The topological polar surface area (TPSA) is 89.7 Å². The molecular formula is C16H19FN2O4. The normalized spacial score (nSPS) is 18.8.